The molecular weight excluding hydrogens is 454 g/mol. The third kappa shape index (κ3) is 4.50. The van der Waals surface area contributed by atoms with Crippen molar-refractivity contribution in [1.29, 1.82) is 0 Å². The first-order valence-corrected chi connectivity index (χ1v) is 12.3. The van der Waals surface area contributed by atoms with Crippen LogP contribution in [0.15, 0.2) is 0 Å². The van der Waals surface area contributed by atoms with Crippen molar-refractivity contribution in [3.8, 4) is 0 Å². The highest BCUT2D eigenvalue weighted by Gasteiger charge is 2.69. The number of aliphatic carboxylic acids is 1. The summed E-state index contributed by atoms with van der Waals surface area (Å²) in [6, 6.07) is -1.11. The summed E-state index contributed by atoms with van der Waals surface area (Å²) >= 11 is 3.90. The molecule has 186 valence electrons. The van der Waals surface area contributed by atoms with Gasteiger partial charge in [-0.05, 0) is 38.0 Å². The molecule has 4 aliphatic heterocycles. The topological polar surface area (TPSA) is 130 Å². The van der Waals surface area contributed by atoms with Gasteiger partial charge in [0.25, 0.3) is 0 Å². The van der Waals surface area contributed by atoms with Gasteiger partial charge in [0.05, 0.1) is 6.42 Å². The zero-order valence-electron chi connectivity index (χ0n) is 19.2. The van der Waals surface area contributed by atoms with E-state index in [1.807, 2.05) is 13.8 Å². The minimum absolute atomic E-state index is 0.0212. The van der Waals surface area contributed by atoms with Crippen LogP contribution in [-0.4, -0.2) is 58.7 Å². The van der Waals surface area contributed by atoms with Crippen LogP contribution < -0.4 is 5.32 Å². The number of hydrogen-bond acceptors (Lipinski definition) is 9. The number of carboxylic acids is 1. The lowest BCUT2D eigenvalue weighted by Crippen LogP contribution is -2.70. The highest BCUT2D eigenvalue weighted by molar-refractivity contribution is 7.80. The summed E-state index contributed by atoms with van der Waals surface area (Å²) in [4.78, 5) is 47.4. The molecule has 2 N–H and O–H groups in total. The number of esters is 1. The summed E-state index contributed by atoms with van der Waals surface area (Å²) in [6.45, 7) is 6.02. The van der Waals surface area contributed by atoms with Crippen LogP contribution in [0.5, 0.6) is 0 Å². The first kappa shape index (κ1) is 24.7. The molecule has 5 fully saturated rings. The Morgan fingerprint density at radius 2 is 1.91 bits per heavy atom. The number of thiol groups is 1. The lowest BCUT2D eigenvalue weighted by molar-refractivity contribution is -0.576. The number of hydrogen-bond donors (Lipinski definition) is 3. The number of ether oxygens (including phenoxy) is 3. The standard InChI is InChI=1S/C22H33NO9S/c1-11-4-5-14-12(2)19(28-17(25)7-6-16(24)23-15(10-33)18(26)27)29-20-22(14)13(11)8-9-21(3,30-20)31-32-22/h11-15,19-20,33H,4-10H2,1-3H3,(H,23,24)(H,26,27)/t11-,12-,13+,14+,15?,19-,20-,21?,22?/m1/s1. The average molecular weight is 488 g/mol. The van der Waals surface area contributed by atoms with Gasteiger partial charge in [-0.15, -0.1) is 0 Å². The lowest BCUT2D eigenvalue weighted by atomic mass is 9.58. The van der Waals surface area contributed by atoms with Crippen molar-refractivity contribution in [2.75, 3.05) is 5.75 Å². The largest absolute Gasteiger partial charge is 0.480 e. The Morgan fingerprint density at radius 1 is 1.15 bits per heavy atom. The van der Waals surface area contributed by atoms with E-state index >= 15 is 0 Å². The molecule has 4 saturated heterocycles. The van der Waals surface area contributed by atoms with Gasteiger partial charge in [-0.2, -0.15) is 12.6 Å². The van der Waals surface area contributed by atoms with Gasteiger partial charge in [0.1, 0.15) is 6.04 Å². The number of carbonyl (C=O) groups is 3. The summed E-state index contributed by atoms with van der Waals surface area (Å²) in [5.74, 6) is -2.81. The van der Waals surface area contributed by atoms with Gasteiger partial charge in [0.2, 0.25) is 18.0 Å². The molecule has 0 aromatic carbocycles. The minimum atomic E-state index is -1.18. The third-order valence-corrected chi connectivity index (χ3v) is 8.08. The van der Waals surface area contributed by atoms with E-state index in [2.05, 4.69) is 24.9 Å². The predicted octanol–water partition coefficient (Wildman–Crippen LogP) is 2.02. The van der Waals surface area contributed by atoms with Crippen molar-refractivity contribution in [3.63, 3.8) is 0 Å². The highest BCUT2D eigenvalue weighted by atomic mass is 32.1. The van der Waals surface area contributed by atoms with E-state index in [1.54, 1.807) is 0 Å². The van der Waals surface area contributed by atoms with E-state index in [9.17, 15) is 14.4 Å². The molecule has 9 atom stereocenters. The summed E-state index contributed by atoms with van der Waals surface area (Å²) in [6.07, 6.45) is 1.54. The van der Waals surface area contributed by atoms with E-state index < -0.39 is 47.9 Å². The Balaban J connectivity index is 1.41. The molecule has 33 heavy (non-hydrogen) atoms. The molecule has 5 rings (SSSR count). The molecule has 1 aliphatic carbocycles. The molecule has 10 nitrogen and oxygen atoms in total. The molecule has 5 aliphatic rings. The van der Waals surface area contributed by atoms with Crippen molar-refractivity contribution in [1.82, 2.24) is 5.32 Å². The maximum absolute atomic E-state index is 12.5. The second kappa shape index (κ2) is 9.33. The summed E-state index contributed by atoms with van der Waals surface area (Å²) in [5, 5.41) is 11.3. The SMILES string of the molecule is C[C@H]1[C@H](OC(=O)CCC(=O)NC(CS)C(=O)O)O[C@@H]2OC3(C)CC[C@H]4[C@H](C)CC[C@@H]1C24OO3. The summed E-state index contributed by atoms with van der Waals surface area (Å²) in [5.41, 5.74) is -0.741. The van der Waals surface area contributed by atoms with Crippen LogP contribution in [0.3, 0.4) is 0 Å². The smallest absolute Gasteiger partial charge is 0.327 e. The molecule has 1 saturated carbocycles. The average Bonchev–Trinajstić information content (AvgIpc) is 3.00. The second-order valence-electron chi connectivity index (χ2n) is 9.90. The van der Waals surface area contributed by atoms with Crippen LogP contribution in [0.1, 0.15) is 59.3 Å². The molecule has 11 heteroatoms. The molecule has 0 aromatic heterocycles. The van der Waals surface area contributed by atoms with Crippen LogP contribution >= 0.6 is 12.6 Å². The Hall–Kier alpha value is -1.40. The minimum Gasteiger partial charge on any atom is -0.480 e. The van der Waals surface area contributed by atoms with Gasteiger partial charge in [0.15, 0.2) is 11.9 Å². The van der Waals surface area contributed by atoms with Crippen LogP contribution in [0.25, 0.3) is 0 Å². The van der Waals surface area contributed by atoms with Crippen molar-refractivity contribution >= 4 is 30.5 Å². The number of nitrogens with one attached hydrogen (secondary N) is 1. The summed E-state index contributed by atoms with van der Waals surface area (Å²) < 4.78 is 18.0. The third-order valence-electron chi connectivity index (χ3n) is 7.72. The van der Waals surface area contributed by atoms with Crippen molar-refractivity contribution < 1.29 is 43.5 Å². The van der Waals surface area contributed by atoms with Crippen LogP contribution in [0.4, 0.5) is 0 Å². The van der Waals surface area contributed by atoms with Crippen molar-refractivity contribution in [2.45, 2.75) is 89.3 Å². The van der Waals surface area contributed by atoms with Gasteiger partial charge < -0.3 is 24.6 Å². The lowest BCUT2D eigenvalue weighted by Gasteiger charge is -2.59. The normalized spacial score (nSPS) is 42.5. The van der Waals surface area contributed by atoms with Crippen LogP contribution in [0, 0.1) is 23.7 Å². The first-order chi connectivity index (χ1) is 15.6. The monoisotopic (exact) mass is 487 g/mol. The molecule has 0 radical (unpaired) electrons. The van der Waals surface area contributed by atoms with Gasteiger partial charge in [-0.25, -0.2) is 14.6 Å². The fraction of sp³-hybridized carbons (Fsp3) is 0.864. The fourth-order valence-corrected chi connectivity index (χ4v) is 6.11. The van der Waals surface area contributed by atoms with Crippen molar-refractivity contribution in [3.05, 3.63) is 0 Å². The number of rotatable bonds is 7. The molecule has 1 spiro atoms. The fourth-order valence-electron chi connectivity index (χ4n) is 5.86. The van der Waals surface area contributed by atoms with E-state index in [0.29, 0.717) is 12.3 Å². The Bertz CT molecular complexity index is 796. The molecule has 1 amide bonds. The summed E-state index contributed by atoms with van der Waals surface area (Å²) in [7, 11) is 0. The van der Waals surface area contributed by atoms with Gasteiger partial charge >= 0.3 is 11.9 Å². The van der Waals surface area contributed by atoms with E-state index in [4.69, 9.17) is 29.1 Å². The predicted molar refractivity (Wildman–Crippen MR) is 116 cm³/mol. The second-order valence-corrected chi connectivity index (χ2v) is 10.3. The number of carbonyl (C=O) groups excluding carboxylic acids is 2. The Kier molecular flexibility index (Phi) is 6.99. The van der Waals surface area contributed by atoms with Gasteiger partial charge in [0, 0.05) is 30.4 Å². The molecule has 0 aromatic rings. The highest BCUT2D eigenvalue weighted by Crippen LogP contribution is 2.60. The molecular formula is C22H33NO9S. The van der Waals surface area contributed by atoms with Gasteiger partial charge in [-0.3, -0.25) is 9.59 Å². The number of fused-ring (bicyclic) bond motifs is 2. The van der Waals surface area contributed by atoms with Crippen LogP contribution in [-0.2, 0) is 38.4 Å². The maximum atomic E-state index is 12.5. The number of amides is 1. The Labute approximate surface area is 198 Å². The first-order valence-electron chi connectivity index (χ1n) is 11.6. The number of carboxylic acid groups (broad SMARTS) is 1. The maximum Gasteiger partial charge on any atom is 0.327 e. The Morgan fingerprint density at radius 3 is 2.61 bits per heavy atom. The van der Waals surface area contributed by atoms with E-state index in [1.165, 1.54) is 0 Å². The zero-order valence-corrected chi connectivity index (χ0v) is 20.0. The van der Waals surface area contributed by atoms with E-state index in [-0.39, 0.29) is 36.3 Å². The van der Waals surface area contributed by atoms with Crippen molar-refractivity contribution in [2.24, 2.45) is 23.7 Å². The zero-order chi connectivity index (χ0) is 24.0. The van der Waals surface area contributed by atoms with E-state index in [0.717, 1.165) is 19.3 Å². The molecule has 4 heterocycles. The molecule has 2 bridgehead atoms. The van der Waals surface area contributed by atoms with Gasteiger partial charge in [-0.1, -0.05) is 13.8 Å². The quantitative estimate of drug-likeness (QED) is 0.280. The molecule has 3 unspecified atom stereocenters. The van der Waals surface area contributed by atoms with Crippen LogP contribution in [0.2, 0.25) is 0 Å².